The van der Waals surface area contributed by atoms with Crippen molar-refractivity contribution in [3.8, 4) is 33.8 Å². The van der Waals surface area contributed by atoms with Gasteiger partial charge in [-0.05, 0) is 41.3 Å². The van der Waals surface area contributed by atoms with E-state index in [1.54, 1.807) is 12.1 Å². The number of nitrogens with zero attached hydrogens (tertiary/aromatic N) is 1. The molecule has 3 heteroatoms. The van der Waals surface area contributed by atoms with E-state index in [4.69, 9.17) is 0 Å². The molecule has 0 atom stereocenters. The van der Waals surface area contributed by atoms with Gasteiger partial charge in [-0.1, -0.05) is 60.7 Å². The second-order valence-corrected chi connectivity index (χ2v) is 7.24. The normalized spacial score (nSPS) is 10.8. The number of rotatable bonds is 6. The van der Waals surface area contributed by atoms with Crippen LogP contribution in [-0.4, -0.2) is 10.2 Å². The summed E-state index contributed by atoms with van der Waals surface area (Å²) in [5.74, 6) is 0.204. The van der Waals surface area contributed by atoms with E-state index in [1.807, 2.05) is 12.1 Å². The summed E-state index contributed by atoms with van der Waals surface area (Å²) in [7, 11) is 0. The lowest BCUT2D eigenvalue weighted by molar-refractivity contribution is -0.696. The Morgan fingerprint density at radius 1 is 0.586 bits per heavy atom. The van der Waals surface area contributed by atoms with Gasteiger partial charge < -0.3 is 10.2 Å². The van der Waals surface area contributed by atoms with Gasteiger partial charge in [0.2, 0.25) is 0 Å². The lowest BCUT2D eigenvalue weighted by atomic mass is 10.0. The molecule has 3 aromatic carbocycles. The Morgan fingerprint density at radius 2 is 1.10 bits per heavy atom. The van der Waals surface area contributed by atoms with Crippen molar-refractivity contribution >= 4 is 0 Å². The predicted octanol–water partition coefficient (Wildman–Crippen LogP) is 5.35. The highest BCUT2D eigenvalue weighted by atomic mass is 16.3. The zero-order chi connectivity index (χ0) is 20.1. The van der Waals surface area contributed by atoms with E-state index in [-0.39, 0.29) is 11.5 Å². The first-order chi connectivity index (χ1) is 14.2. The third-order valence-corrected chi connectivity index (χ3v) is 4.98. The maximum absolute atomic E-state index is 9.67. The van der Waals surface area contributed by atoms with Gasteiger partial charge in [-0.25, -0.2) is 4.57 Å². The lowest BCUT2D eigenvalue weighted by Crippen LogP contribution is -2.33. The Bertz CT molecular complexity index is 1010. The molecule has 0 unspecified atom stereocenters. The van der Waals surface area contributed by atoms with Crippen LogP contribution in [0.15, 0.2) is 97.3 Å². The lowest BCUT2D eigenvalue weighted by Gasteiger charge is -2.07. The van der Waals surface area contributed by atoms with E-state index in [2.05, 4.69) is 71.6 Å². The number of aromatic hydroxyl groups is 2. The Kier molecular flexibility index (Phi) is 5.57. The van der Waals surface area contributed by atoms with Gasteiger partial charge in [-0.15, -0.1) is 0 Å². The molecule has 1 heterocycles. The number of benzene rings is 3. The van der Waals surface area contributed by atoms with Crippen LogP contribution >= 0.6 is 0 Å². The van der Waals surface area contributed by atoms with E-state index >= 15 is 0 Å². The molecule has 0 spiro atoms. The van der Waals surface area contributed by atoms with Crippen molar-refractivity contribution in [1.82, 2.24) is 0 Å². The van der Waals surface area contributed by atoms with Crippen LogP contribution in [0.3, 0.4) is 0 Å². The molecule has 4 aromatic rings. The Hall–Kier alpha value is -3.59. The zero-order valence-electron chi connectivity index (χ0n) is 16.2. The highest BCUT2D eigenvalue weighted by Crippen LogP contribution is 2.25. The van der Waals surface area contributed by atoms with Crippen molar-refractivity contribution in [1.29, 1.82) is 0 Å². The number of hydrogen-bond acceptors (Lipinski definition) is 2. The Morgan fingerprint density at radius 3 is 1.62 bits per heavy atom. The molecule has 0 radical (unpaired) electrons. The molecule has 0 amide bonds. The fourth-order valence-electron chi connectivity index (χ4n) is 3.61. The molecule has 29 heavy (non-hydrogen) atoms. The quantitative estimate of drug-likeness (QED) is 0.441. The summed E-state index contributed by atoms with van der Waals surface area (Å²) < 4.78 is 2.23. The third-order valence-electron chi connectivity index (χ3n) is 4.98. The number of hydrogen-bond donors (Lipinski definition) is 2. The van der Waals surface area contributed by atoms with Gasteiger partial charge in [-0.2, -0.15) is 0 Å². The molecular weight excluding hydrogens is 358 g/mol. The van der Waals surface area contributed by atoms with Gasteiger partial charge in [0.05, 0.1) is 0 Å². The molecule has 2 N–H and O–H groups in total. The smallest absolute Gasteiger partial charge is 0.176 e. The second kappa shape index (κ2) is 8.61. The zero-order valence-corrected chi connectivity index (χ0v) is 16.2. The van der Waals surface area contributed by atoms with Crippen LogP contribution in [-0.2, 0) is 13.0 Å². The molecule has 0 aliphatic rings. The molecule has 144 valence electrons. The summed E-state index contributed by atoms with van der Waals surface area (Å²) in [6.45, 7) is 0.844. The summed E-state index contributed by atoms with van der Waals surface area (Å²) in [5.41, 5.74) is 5.68. The minimum absolute atomic E-state index is 0.102. The second-order valence-electron chi connectivity index (χ2n) is 7.24. The Labute approximate surface area is 171 Å². The van der Waals surface area contributed by atoms with Crippen LogP contribution in [0, 0.1) is 0 Å². The van der Waals surface area contributed by atoms with Crippen molar-refractivity contribution < 1.29 is 14.8 Å². The number of phenols is 2. The van der Waals surface area contributed by atoms with Gasteiger partial charge in [-0.3, -0.25) is 0 Å². The van der Waals surface area contributed by atoms with Crippen LogP contribution < -0.4 is 4.57 Å². The minimum atomic E-state index is 0.102. The largest absolute Gasteiger partial charge is 0.508 e. The summed E-state index contributed by atoms with van der Waals surface area (Å²) in [5, 5.41) is 19.3. The average Bonchev–Trinajstić information content (AvgIpc) is 2.74. The third kappa shape index (κ3) is 4.82. The van der Waals surface area contributed by atoms with Crippen molar-refractivity contribution in [2.75, 3.05) is 0 Å². The van der Waals surface area contributed by atoms with E-state index in [0.29, 0.717) is 0 Å². The molecule has 1 aromatic heterocycles. The monoisotopic (exact) mass is 382 g/mol. The number of phenolic OH excluding ortho intramolecular Hbond substituents is 2. The first kappa shape index (κ1) is 18.8. The molecule has 0 saturated carbocycles. The number of aromatic nitrogens is 1. The minimum Gasteiger partial charge on any atom is -0.508 e. The van der Waals surface area contributed by atoms with Crippen molar-refractivity contribution in [2.24, 2.45) is 0 Å². The van der Waals surface area contributed by atoms with Gasteiger partial charge in [0.25, 0.3) is 0 Å². The summed E-state index contributed by atoms with van der Waals surface area (Å²) in [6, 6.07) is 27.8. The molecule has 0 bridgehead atoms. The first-order valence-corrected chi connectivity index (χ1v) is 9.84. The van der Waals surface area contributed by atoms with E-state index in [0.717, 1.165) is 24.9 Å². The number of pyridine rings is 1. The average molecular weight is 382 g/mol. The van der Waals surface area contributed by atoms with Gasteiger partial charge in [0.15, 0.2) is 12.4 Å². The van der Waals surface area contributed by atoms with Crippen LogP contribution in [0.5, 0.6) is 11.5 Å². The van der Waals surface area contributed by atoms with E-state index < -0.39 is 0 Å². The maximum atomic E-state index is 9.67. The van der Waals surface area contributed by atoms with Crippen LogP contribution in [0.2, 0.25) is 0 Å². The van der Waals surface area contributed by atoms with Crippen LogP contribution in [0.4, 0.5) is 0 Å². The Balaban J connectivity index is 1.60. The number of aryl methyl sites for hydroxylation is 2. The van der Waals surface area contributed by atoms with Gasteiger partial charge >= 0.3 is 0 Å². The van der Waals surface area contributed by atoms with Crippen LogP contribution in [0.25, 0.3) is 22.3 Å². The standard InChI is InChI=1S/C26H23NO2/c28-25-14-20(15-26(29)17-25)8-7-13-27-18-23(21-9-3-1-4-10-21)16-24(19-27)22-11-5-2-6-12-22/h1-6,9-12,14-19H,7-8,13H2,(H-,28,29)/p+1. The molecule has 4 rings (SSSR count). The predicted molar refractivity (Wildman–Crippen MR) is 116 cm³/mol. The molecular formula is C26H24NO2+. The summed E-state index contributed by atoms with van der Waals surface area (Å²) in [6.07, 6.45) is 6.05. The fourth-order valence-corrected chi connectivity index (χ4v) is 3.61. The summed E-state index contributed by atoms with van der Waals surface area (Å²) >= 11 is 0. The molecule has 0 saturated heterocycles. The highest BCUT2D eigenvalue weighted by Gasteiger charge is 2.11. The first-order valence-electron chi connectivity index (χ1n) is 9.84. The molecule has 3 nitrogen and oxygen atoms in total. The molecule has 0 fully saturated rings. The SMILES string of the molecule is Oc1cc(O)cc(CCC[n+]2cc(-c3ccccc3)cc(-c3ccccc3)c2)c1. The van der Waals surface area contributed by atoms with Crippen molar-refractivity contribution in [2.45, 2.75) is 19.4 Å². The molecule has 0 aliphatic heterocycles. The fraction of sp³-hybridized carbons (Fsp3) is 0.115. The topological polar surface area (TPSA) is 44.3 Å². The molecule has 0 aliphatic carbocycles. The van der Waals surface area contributed by atoms with E-state index in [1.165, 1.54) is 28.3 Å². The van der Waals surface area contributed by atoms with Crippen molar-refractivity contribution in [3.05, 3.63) is 103 Å². The van der Waals surface area contributed by atoms with Crippen LogP contribution in [0.1, 0.15) is 12.0 Å². The van der Waals surface area contributed by atoms with Gasteiger partial charge in [0.1, 0.15) is 18.0 Å². The van der Waals surface area contributed by atoms with E-state index in [9.17, 15) is 10.2 Å². The highest BCUT2D eigenvalue weighted by molar-refractivity contribution is 5.70. The van der Waals surface area contributed by atoms with Crippen molar-refractivity contribution in [3.63, 3.8) is 0 Å². The maximum Gasteiger partial charge on any atom is 0.176 e. The summed E-state index contributed by atoms with van der Waals surface area (Å²) in [4.78, 5) is 0. The van der Waals surface area contributed by atoms with Gasteiger partial charge in [0, 0.05) is 23.6 Å².